The number of nitrogens with zero attached hydrogens (tertiary/aromatic N) is 1. The summed E-state index contributed by atoms with van der Waals surface area (Å²) >= 11 is 1.57. The number of benzene rings is 1. The summed E-state index contributed by atoms with van der Waals surface area (Å²) in [6.45, 7) is 10.9. The van der Waals surface area contributed by atoms with Gasteiger partial charge in [-0.05, 0) is 90.5 Å². The van der Waals surface area contributed by atoms with Crippen LogP contribution in [0.3, 0.4) is 0 Å². The highest BCUT2D eigenvalue weighted by atomic mass is 32.2. The molecular weight excluding hydrogens is 490 g/mol. The first-order valence-electron chi connectivity index (χ1n) is 13.1. The summed E-state index contributed by atoms with van der Waals surface area (Å²) in [7, 11) is 0. The predicted octanol–water partition coefficient (Wildman–Crippen LogP) is 5.16. The van der Waals surface area contributed by atoms with Gasteiger partial charge in [-0.2, -0.15) is 11.8 Å². The number of alkyl carbamates (subject to hydrolysis) is 1. The van der Waals surface area contributed by atoms with Crippen LogP contribution < -0.4 is 10.6 Å². The van der Waals surface area contributed by atoms with Crippen molar-refractivity contribution in [3.63, 3.8) is 0 Å². The highest BCUT2D eigenvalue weighted by molar-refractivity contribution is 7.98. The average Bonchev–Trinajstić information content (AvgIpc) is 2.78. The van der Waals surface area contributed by atoms with Crippen molar-refractivity contribution >= 4 is 29.7 Å². The van der Waals surface area contributed by atoms with Crippen LogP contribution in [0.5, 0.6) is 5.75 Å². The Morgan fingerprint density at radius 2 is 1.76 bits per heavy atom. The van der Waals surface area contributed by atoms with Gasteiger partial charge < -0.3 is 25.4 Å². The number of aromatic hydroxyl groups is 1. The van der Waals surface area contributed by atoms with E-state index < -0.39 is 29.3 Å². The van der Waals surface area contributed by atoms with Crippen LogP contribution in [0.2, 0.25) is 0 Å². The van der Waals surface area contributed by atoms with Gasteiger partial charge in [0.1, 0.15) is 23.4 Å². The molecule has 0 spiro atoms. The second-order valence-electron chi connectivity index (χ2n) is 11.7. The molecule has 0 aromatic heterocycles. The minimum absolute atomic E-state index is 0.0140. The Morgan fingerprint density at radius 3 is 2.30 bits per heavy atom. The Bertz CT molecular complexity index is 919. The molecule has 1 aliphatic carbocycles. The van der Waals surface area contributed by atoms with Gasteiger partial charge in [0.15, 0.2) is 0 Å². The van der Waals surface area contributed by atoms with E-state index in [1.165, 1.54) is 12.1 Å². The smallest absolute Gasteiger partial charge is 0.408 e. The lowest BCUT2D eigenvalue weighted by Gasteiger charge is -2.43. The van der Waals surface area contributed by atoms with E-state index in [1.54, 1.807) is 49.6 Å². The molecule has 1 aliphatic rings. The molecule has 0 radical (unpaired) electrons. The van der Waals surface area contributed by atoms with Gasteiger partial charge in [-0.1, -0.05) is 31.4 Å². The first-order chi connectivity index (χ1) is 17.2. The summed E-state index contributed by atoms with van der Waals surface area (Å²) in [4.78, 5) is 42.3. The van der Waals surface area contributed by atoms with Gasteiger partial charge >= 0.3 is 6.09 Å². The fourth-order valence-electron chi connectivity index (χ4n) is 4.60. The lowest BCUT2D eigenvalue weighted by atomic mass is 9.92. The van der Waals surface area contributed by atoms with Gasteiger partial charge in [0.05, 0.1) is 0 Å². The topological polar surface area (TPSA) is 108 Å². The van der Waals surface area contributed by atoms with E-state index >= 15 is 0 Å². The van der Waals surface area contributed by atoms with E-state index in [0.29, 0.717) is 17.7 Å². The summed E-state index contributed by atoms with van der Waals surface area (Å²) in [5, 5.41) is 16.1. The number of hydrogen-bond donors (Lipinski definition) is 3. The van der Waals surface area contributed by atoms with Crippen LogP contribution in [0, 0.1) is 0 Å². The molecular formula is C28H45N3O5S. The number of thioether (sulfide) groups is 1. The van der Waals surface area contributed by atoms with Crippen molar-refractivity contribution in [3.05, 3.63) is 29.8 Å². The largest absolute Gasteiger partial charge is 0.508 e. The maximum Gasteiger partial charge on any atom is 0.408 e. The Morgan fingerprint density at radius 1 is 1.11 bits per heavy atom. The summed E-state index contributed by atoms with van der Waals surface area (Å²) in [6, 6.07) is 4.65. The molecule has 0 aliphatic heterocycles. The fraction of sp³-hybridized carbons (Fsp3) is 0.679. The number of ether oxygens (including phenoxy) is 1. The molecule has 0 saturated heterocycles. The molecule has 3 N–H and O–H groups in total. The maximum atomic E-state index is 14.2. The standard InChI is InChI=1S/C28H45N3O5S/c1-27(2,3)31(25(34)22(16-17-37-7)30-26(35)36-28(4,5)6)23(19-12-11-15-21(32)18-19)24(33)29-20-13-9-8-10-14-20/h11-12,15,18,20,22-23,32H,8-10,13-14,16-17H2,1-7H3,(H,29,33)(H,30,35). The molecule has 37 heavy (non-hydrogen) atoms. The third-order valence-corrected chi connectivity index (χ3v) is 6.85. The molecule has 8 nitrogen and oxygen atoms in total. The summed E-state index contributed by atoms with van der Waals surface area (Å²) in [5.74, 6) is -0.0174. The highest BCUT2D eigenvalue weighted by Crippen LogP contribution is 2.32. The molecule has 2 rings (SSSR count). The number of phenolic OH excluding ortho intramolecular Hbond substituents is 1. The average molecular weight is 536 g/mol. The molecule has 1 aromatic carbocycles. The van der Waals surface area contributed by atoms with Gasteiger partial charge in [-0.25, -0.2) is 4.79 Å². The zero-order valence-electron chi connectivity index (χ0n) is 23.4. The van der Waals surface area contributed by atoms with Crippen molar-refractivity contribution in [1.29, 1.82) is 0 Å². The van der Waals surface area contributed by atoms with Gasteiger partial charge in [-0.3, -0.25) is 9.59 Å². The first-order valence-corrected chi connectivity index (χ1v) is 14.5. The van der Waals surface area contributed by atoms with E-state index in [-0.39, 0.29) is 23.6 Å². The lowest BCUT2D eigenvalue weighted by molar-refractivity contribution is -0.148. The zero-order chi connectivity index (χ0) is 27.8. The van der Waals surface area contributed by atoms with Crippen LogP contribution in [0.4, 0.5) is 4.79 Å². The van der Waals surface area contributed by atoms with Crippen molar-refractivity contribution in [2.24, 2.45) is 0 Å². The fourth-order valence-corrected chi connectivity index (χ4v) is 5.07. The molecule has 3 amide bonds. The normalized spacial score (nSPS) is 16.4. The molecule has 9 heteroatoms. The number of phenols is 1. The van der Waals surface area contributed by atoms with Crippen LogP contribution in [0.25, 0.3) is 0 Å². The van der Waals surface area contributed by atoms with Gasteiger partial charge in [0.25, 0.3) is 0 Å². The second kappa shape index (κ2) is 13.4. The van der Waals surface area contributed by atoms with Crippen molar-refractivity contribution in [2.75, 3.05) is 12.0 Å². The van der Waals surface area contributed by atoms with E-state index in [4.69, 9.17) is 4.74 Å². The third-order valence-electron chi connectivity index (χ3n) is 6.20. The number of amides is 3. The Balaban J connectivity index is 2.49. The molecule has 0 bridgehead atoms. The number of nitrogens with one attached hydrogen (secondary N) is 2. The SMILES string of the molecule is CSCCC(NC(=O)OC(C)(C)C)C(=O)N(C(C(=O)NC1CCCCC1)c1cccc(O)c1)C(C)(C)C. The quantitative estimate of drug-likeness (QED) is 0.403. The zero-order valence-corrected chi connectivity index (χ0v) is 24.2. The minimum atomic E-state index is -0.987. The number of carbonyl (C=O) groups excluding carboxylic acids is 3. The minimum Gasteiger partial charge on any atom is -0.508 e. The number of rotatable bonds is 9. The number of hydrogen-bond acceptors (Lipinski definition) is 6. The molecule has 1 fully saturated rings. The summed E-state index contributed by atoms with van der Waals surface area (Å²) < 4.78 is 5.43. The van der Waals surface area contributed by atoms with Crippen LogP contribution >= 0.6 is 11.8 Å². The molecule has 1 aromatic rings. The molecule has 0 heterocycles. The second-order valence-corrected chi connectivity index (χ2v) is 12.7. The van der Waals surface area contributed by atoms with Crippen LogP contribution in [-0.2, 0) is 14.3 Å². The van der Waals surface area contributed by atoms with Crippen LogP contribution in [0.15, 0.2) is 24.3 Å². The first kappa shape index (κ1) is 30.8. The Hall–Kier alpha value is -2.42. The van der Waals surface area contributed by atoms with E-state index in [9.17, 15) is 19.5 Å². The lowest BCUT2D eigenvalue weighted by Crippen LogP contribution is -2.59. The third kappa shape index (κ3) is 9.76. The molecule has 208 valence electrons. The molecule has 2 unspecified atom stereocenters. The Labute approximate surface area is 226 Å². The van der Waals surface area contributed by atoms with Crippen molar-refractivity contribution in [3.8, 4) is 5.75 Å². The highest BCUT2D eigenvalue weighted by Gasteiger charge is 2.42. The molecule has 2 atom stereocenters. The monoisotopic (exact) mass is 535 g/mol. The van der Waals surface area contributed by atoms with E-state index in [1.807, 2.05) is 27.0 Å². The maximum absolute atomic E-state index is 14.2. The predicted molar refractivity (Wildman–Crippen MR) is 149 cm³/mol. The van der Waals surface area contributed by atoms with Crippen LogP contribution in [-0.4, -0.2) is 63.1 Å². The van der Waals surface area contributed by atoms with Crippen molar-refractivity contribution in [1.82, 2.24) is 15.5 Å². The van der Waals surface area contributed by atoms with Gasteiger partial charge in [-0.15, -0.1) is 0 Å². The summed E-state index contributed by atoms with van der Waals surface area (Å²) in [6.07, 6.45) is 6.70. The van der Waals surface area contributed by atoms with Gasteiger partial charge in [0.2, 0.25) is 11.8 Å². The summed E-state index contributed by atoms with van der Waals surface area (Å²) in [5.41, 5.74) is -0.979. The number of carbonyl (C=O) groups is 3. The van der Waals surface area contributed by atoms with Crippen molar-refractivity contribution < 1.29 is 24.2 Å². The van der Waals surface area contributed by atoms with Crippen LogP contribution in [0.1, 0.15) is 91.7 Å². The van der Waals surface area contributed by atoms with E-state index in [0.717, 1.165) is 32.1 Å². The Kier molecular flexibility index (Phi) is 11.2. The molecule has 1 saturated carbocycles. The van der Waals surface area contributed by atoms with Gasteiger partial charge in [0, 0.05) is 11.6 Å². The van der Waals surface area contributed by atoms with E-state index in [2.05, 4.69) is 10.6 Å². The van der Waals surface area contributed by atoms with Crippen molar-refractivity contribution in [2.45, 2.75) is 109 Å².